The second kappa shape index (κ2) is 6.16. The van der Waals surface area contributed by atoms with Crippen LogP contribution in [0.15, 0.2) is 26.2 Å². The summed E-state index contributed by atoms with van der Waals surface area (Å²) in [7, 11) is 0. The molecule has 4 nitrogen and oxygen atoms in total. The van der Waals surface area contributed by atoms with Crippen LogP contribution in [0.2, 0.25) is 15.2 Å². The first-order valence-electron chi connectivity index (χ1n) is 5.94. The van der Waals surface area contributed by atoms with Crippen molar-refractivity contribution >= 4 is 50.7 Å². The van der Waals surface area contributed by atoms with Crippen molar-refractivity contribution in [3.8, 4) is 5.69 Å². The summed E-state index contributed by atoms with van der Waals surface area (Å²) in [6.45, 7) is 3.61. The van der Waals surface area contributed by atoms with Gasteiger partial charge in [0.15, 0.2) is 0 Å². The number of rotatable bonds is 2. The van der Waals surface area contributed by atoms with Gasteiger partial charge in [-0.05, 0) is 34.0 Å². The van der Waals surface area contributed by atoms with Crippen molar-refractivity contribution in [2.75, 3.05) is 0 Å². The largest absolute Gasteiger partial charge is 0.334 e. The predicted octanol–water partition coefficient (Wildman–Crippen LogP) is 4.37. The van der Waals surface area contributed by atoms with E-state index in [2.05, 4.69) is 20.9 Å². The molecule has 112 valence electrons. The monoisotopic (exact) mass is 410 g/mol. The Morgan fingerprint density at radius 1 is 1.14 bits per heavy atom. The van der Waals surface area contributed by atoms with E-state index < -0.39 is 11.2 Å². The van der Waals surface area contributed by atoms with Crippen LogP contribution in [0.4, 0.5) is 0 Å². The minimum atomic E-state index is -0.672. The van der Waals surface area contributed by atoms with Gasteiger partial charge in [-0.3, -0.25) is 9.78 Å². The van der Waals surface area contributed by atoms with Crippen molar-refractivity contribution < 1.29 is 0 Å². The van der Waals surface area contributed by atoms with Gasteiger partial charge in [0.05, 0.1) is 21.3 Å². The maximum atomic E-state index is 12.5. The van der Waals surface area contributed by atoms with E-state index in [1.165, 1.54) is 6.07 Å². The van der Waals surface area contributed by atoms with Gasteiger partial charge in [-0.15, -0.1) is 0 Å². The van der Waals surface area contributed by atoms with Gasteiger partial charge in [0, 0.05) is 4.47 Å². The molecular formula is C13H10BrCl3N2O2. The molecule has 0 aliphatic carbocycles. The van der Waals surface area contributed by atoms with Crippen molar-refractivity contribution in [3.63, 3.8) is 0 Å². The molecule has 0 spiro atoms. The van der Waals surface area contributed by atoms with Crippen molar-refractivity contribution in [2.45, 2.75) is 19.8 Å². The zero-order valence-electron chi connectivity index (χ0n) is 11.0. The Bertz CT molecular complexity index is 827. The van der Waals surface area contributed by atoms with E-state index >= 15 is 0 Å². The van der Waals surface area contributed by atoms with E-state index in [1.54, 1.807) is 19.9 Å². The average Bonchev–Trinajstić information content (AvgIpc) is 2.37. The number of benzene rings is 1. The zero-order chi connectivity index (χ0) is 15.9. The number of nitrogens with zero attached hydrogens (tertiary/aromatic N) is 1. The van der Waals surface area contributed by atoms with E-state index in [1.807, 2.05) is 0 Å². The molecule has 0 saturated heterocycles. The maximum absolute atomic E-state index is 12.5. The minimum absolute atomic E-state index is 0.0376. The first kappa shape index (κ1) is 16.6. The second-order valence-corrected chi connectivity index (χ2v) is 6.64. The third-order valence-corrected chi connectivity index (χ3v) is 4.98. The van der Waals surface area contributed by atoms with Crippen LogP contribution < -0.4 is 11.2 Å². The minimum Gasteiger partial charge on any atom is -0.297 e. The highest BCUT2D eigenvalue weighted by molar-refractivity contribution is 9.10. The number of H-pyrrole nitrogens is 1. The lowest BCUT2D eigenvalue weighted by Gasteiger charge is -2.13. The standard InChI is InChI=1S/C13H10BrCl3N2O2/c1-5(2)8-11(17)18-13(21)19(12(8)20)7-4-3-6(14)9(15)10(7)16/h3-5H,1-2H3,(H,18,21). The van der Waals surface area contributed by atoms with E-state index in [-0.39, 0.29) is 26.8 Å². The van der Waals surface area contributed by atoms with Gasteiger partial charge in [0.25, 0.3) is 5.56 Å². The molecule has 1 N–H and O–H groups in total. The van der Waals surface area contributed by atoms with Crippen molar-refractivity contribution in [1.29, 1.82) is 0 Å². The van der Waals surface area contributed by atoms with Crippen LogP contribution in [0.5, 0.6) is 0 Å². The second-order valence-electron chi connectivity index (χ2n) is 4.65. The lowest BCUT2D eigenvalue weighted by molar-refractivity contribution is 0.777. The van der Waals surface area contributed by atoms with Crippen molar-refractivity contribution in [1.82, 2.24) is 9.55 Å². The molecule has 0 bridgehead atoms. The molecule has 2 aromatic rings. The summed E-state index contributed by atoms with van der Waals surface area (Å²) < 4.78 is 1.50. The summed E-state index contributed by atoms with van der Waals surface area (Å²) in [5, 5.41) is 0.368. The SMILES string of the molecule is CC(C)c1c(Cl)[nH]c(=O)n(-c2ccc(Br)c(Cl)c2Cl)c1=O. The van der Waals surface area contributed by atoms with Crippen molar-refractivity contribution in [3.05, 3.63) is 58.2 Å². The summed E-state index contributed by atoms with van der Waals surface area (Å²) in [4.78, 5) is 27.1. The highest BCUT2D eigenvalue weighted by atomic mass is 79.9. The Kier molecular flexibility index (Phi) is 4.88. The first-order valence-corrected chi connectivity index (χ1v) is 7.87. The molecule has 1 heterocycles. The Labute approximate surface area is 143 Å². The van der Waals surface area contributed by atoms with Crippen LogP contribution in [0.3, 0.4) is 0 Å². The number of hydrogen-bond acceptors (Lipinski definition) is 2. The Morgan fingerprint density at radius 3 is 2.33 bits per heavy atom. The number of hydrogen-bond donors (Lipinski definition) is 1. The van der Waals surface area contributed by atoms with Gasteiger partial charge < -0.3 is 0 Å². The highest BCUT2D eigenvalue weighted by Gasteiger charge is 2.19. The first-order chi connectivity index (χ1) is 9.75. The fourth-order valence-corrected chi connectivity index (χ4v) is 3.16. The molecule has 1 aromatic heterocycles. The number of halogens is 4. The van der Waals surface area contributed by atoms with Gasteiger partial charge in [0.1, 0.15) is 5.15 Å². The normalized spacial score (nSPS) is 11.2. The van der Waals surface area contributed by atoms with E-state index in [0.29, 0.717) is 10.0 Å². The summed E-state index contributed by atoms with van der Waals surface area (Å²) in [6, 6.07) is 3.14. The maximum Gasteiger partial charge on any atom is 0.334 e. The fourth-order valence-electron chi connectivity index (χ4n) is 1.93. The lowest BCUT2D eigenvalue weighted by atomic mass is 10.1. The molecule has 8 heteroatoms. The third kappa shape index (κ3) is 2.93. The van der Waals surface area contributed by atoms with Gasteiger partial charge in [-0.2, -0.15) is 0 Å². The van der Waals surface area contributed by atoms with Crippen LogP contribution in [-0.4, -0.2) is 9.55 Å². The molecule has 0 atom stereocenters. The van der Waals surface area contributed by atoms with Crippen LogP contribution >= 0.6 is 50.7 Å². The molecule has 0 saturated carbocycles. The van der Waals surface area contributed by atoms with Crippen LogP contribution in [-0.2, 0) is 0 Å². The summed E-state index contributed by atoms with van der Waals surface area (Å²) in [5.74, 6) is -0.155. The molecular weight excluding hydrogens is 402 g/mol. The molecule has 0 unspecified atom stereocenters. The molecule has 1 aromatic carbocycles. The highest BCUT2D eigenvalue weighted by Crippen LogP contribution is 2.34. The summed E-state index contributed by atoms with van der Waals surface area (Å²) in [5.41, 5.74) is -0.671. The number of aromatic nitrogens is 2. The van der Waals surface area contributed by atoms with Gasteiger partial charge >= 0.3 is 5.69 Å². The van der Waals surface area contributed by atoms with Crippen molar-refractivity contribution in [2.24, 2.45) is 0 Å². The fraction of sp³-hybridized carbons (Fsp3) is 0.231. The number of nitrogens with one attached hydrogen (secondary N) is 1. The van der Waals surface area contributed by atoms with Crippen LogP contribution in [0.1, 0.15) is 25.3 Å². The molecule has 0 fully saturated rings. The quantitative estimate of drug-likeness (QED) is 0.588. The Balaban J connectivity index is 2.89. The zero-order valence-corrected chi connectivity index (χ0v) is 14.9. The van der Waals surface area contributed by atoms with Crippen LogP contribution in [0, 0.1) is 0 Å². The van der Waals surface area contributed by atoms with Gasteiger partial charge in [-0.25, -0.2) is 9.36 Å². The van der Waals surface area contributed by atoms with Gasteiger partial charge in [0.2, 0.25) is 0 Å². The molecule has 0 aliphatic heterocycles. The van der Waals surface area contributed by atoms with Crippen LogP contribution in [0.25, 0.3) is 5.69 Å². The lowest BCUT2D eigenvalue weighted by Crippen LogP contribution is -2.36. The number of aromatic amines is 1. The molecule has 0 amide bonds. The summed E-state index contributed by atoms with van der Waals surface area (Å²) >= 11 is 21.4. The van der Waals surface area contributed by atoms with E-state index in [0.717, 1.165) is 4.57 Å². The Hall–Kier alpha value is -0.750. The Morgan fingerprint density at radius 2 is 1.76 bits per heavy atom. The molecule has 0 radical (unpaired) electrons. The van der Waals surface area contributed by atoms with E-state index in [4.69, 9.17) is 34.8 Å². The topological polar surface area (TPSA) is 54.9 Å². The predicted molar refractivity (Wildman–Crippen MR) is 89.5 cm³/mol. The van der Waals surface area contributed by atoms with E-state index in [9.17, 15) is 9.59 Å². The molecule has 21 heavy (non-hydrogen) atoms. The molecule has 2 rings (SSSR count). The smallest absolute Gasteiger partial charge is 0.297 e. The molecule has 0 aliphatic rings. The third-order valence-electron chi connectivity index (χ3n) is 2.92. The van der Waals surface area contributed by atoms with Gasteiger partial charge in [-0.1, -0.05) is 48.7 Å². The average molecular weight is 412 g/mol. The summed E-state index contributed by atoms with van der Waals surface area (Å²) in [6.07, 6.45) is 0.